The average Bonchev–Trinajstić information content (AvgIpc) is 3.23. The Morgan fingerprint density at radius 1 is 1.00 bits per heavy atom. The summed E-state index contributed by atoms with van der Waals surface area (Å²) in [5.41, 5.74) is 5.69. The van der Waals surface area contributed by atoms with E-state index in [0.29, 0.717) is 17.4 Å². The maximum atomic E-state index is 4.05. The van der Waals surface area contributed by atoms with E-state index >= 15 is 0 Å². The molecule has 3 nitrogen and oxygen atoms in total. The number of nitrogens with one attached hydrogen (secondary N) is 2. The Morgan fingerprint density at radius 3 is 2.46 bits per heavy atom. The first-order chi connectivity index (χ1) is 12.8. The van der Waals surface area contributed by atoms with Crippen LogP contribution in [-0.2, 0) is 5.41 Å². The van der Waals surface area contributed by atoms with Gasteiger partial charge >= 0.3 is 0 Å². The molecule has 2 fully saturated rings. The predicted molar refractivity (Wildman–Crippen MR) is 105 cm³/mol. The number of hydrogen-bond donors (Lipinski definition) is 2. The van der Waals surface area contributed by atoms with E-state index in [1.54, 1.807) is 0 Å². The van der Waals surface area contributed by atoms with Gasteiger partial charge in [-0.2, -0.15) is 5.10 Å². The second kappa shape index (κ2) is 6.40. The van der Waals surface area contributed by atoms with Crippen LogP contribution in [0.25, 0.3) is 11.1 Å². The maximum absolute atomic E-state index is 4.05. The van der Waals surface area contributed by atoms with Crippen molar-refractivity contribution in [3.05, 3.63) is 78.1 Å². The van der Waals surface area contributed by atoms with Crippen LogP contribution in [0.3, 0.4) is 0 Å². The topological polar surface area (TPSA) is 40.7 Å². The summed E-state index contributed by atoms with van der Waals surface area (Å²) in [6.45, 7) is 1.10. The van der Waals surface area contributed by atoms with Crippen LogP contribution in [0.1, 0.15) is 42.7 Å². The third-order valence-electron chi connectivity index (χ3n) is 6.36. The van der Waals surface area contributed by atoms with Gasteiger partial charge in [0.1, 0.15) is 0 Å². The third kappa shape index (κ3) is 2.86. The molecule has 0 spiro atoms. The SMILES string of the molecule is c1ccc([C@H]2C[C@@H]2NCC2(c3ccc(-c4cn[nH]c4)cc3)CCC2)cc1. The van der Waals surface area contributed by atoms with Gasteiger partial charge < -0.3 is 5.32 Å². The van der Waals surface area contributed by atoms with Crippen LogP contribution in [0.15, 0.2) is 67.0 Å². The fourth-order valence-electron chi connectivity index (χ4n) is 4.41. The van der Waals surface area contributed by atoms with Crippen molar-refractivity contribution in [2.45, 2.75) is 43.1 Å². The van der Waals surface area contributed by atoms with E-state index in [9.17, 15) is 0 Å². The lowest BCUT2D eigenvalue weighted by molar-refractivity contribution is 0.232. The second-order valence-electron chi connectivity index (χ2n) is 7.94. The van der Waals surface area contributed by atoms with Crippen molar-refractivity contribution in [3.63, 3.8) is 0 Å². The molecule has 2 N–H and O–H groups in total. The number of aromatic nitrogens is 2. The number of benzene rings is 2. The summed E-state index contributed by atoms with van der Waals surface area (Å²) < 4.78 is 0. The highest BCUT2D eigenvalue weighted by Gasteiger charge is 2.43. The van der Waals surface area contributed by atoms with Crippen molar-refractivity contribution in [2.75, 3.05) is 6.54 Å². The lowest BCUT2D eigenvalue weighted by Crippen LogP contribution is -2.44. The van der Waals surface area contributed by atoms with Crippen LogP contribution >= 0.6 is 0 Å². The van der Waals surface area contributed by atoms with Crippen molar-refractivity contribution >= 4 is 0 Å². The minimum Gasteiger partial charge on any atom is -0.312 e. The van der Waals surface area contributed by atoms with E-state index in [2.05, 4.69) is 70.1 Å². The molecular weight excluding hydrogens is 318 g/mol. The van der Waals surface area contributed by atoms with Crippen LogP contribution < -0.4 is 5.32 Å². The van der Waals surface area contributed by atoms with Crippen molar-refractivity contribution < 1.29 is 0 Å². The Bertz CT molecular complexity index is 848. The summed E-state index contributed by atoms with van der Waals surface area (Å²) in [4.78, 5) is 0. The number of hydrogen-bond acceptors (Lipinski definition) is 2. The smallest absolute Gasteiger partial charge is 0.0565 e. The summed E-state index contributed by atoms with van der Waals surface area (Å²) >= 11 is 0. The Morgan fingerprint density at radius 2 is 1.81 bits per heavy atom. The highest BCUT2D eigenvalue weighted by atomic mass is 15.1. The molecular formula is C23H25N3. The monoisotopic (exact) mass is 343 g/mol. The Labute approximate surface area is 154 Å². The number of H-pyrrole nitrogens is 1. The predicted octanol–water partition coefficient (Wildman–Crippen LogP) is 4.64. The van der Waals surface area contributed by atoms with Crippen LogP contribution in [-0.4, -0.2) is 22.8 Å². The van der Waals surface area contributed by atoms with Crippen molar-refractivity contribution in [3.8, 4) is 11.1 Å². The van der Waals surface area contributed by atoms with Crippen LogP contribution in [0, 0.1) is 0 Å². The summed E-state index contributed by atoms with van der Waals surface area (Å²) in [6.07, 6.45) is 9.05. The van der Waals surface area contributed by atoms with Gasteiger partial charge in [0, 0.05) is 35.7 Å². The average molecular weight is 343 g/mol. The molecule has 3 heteroatoms. The molecule has 0 bridgehead atoms. The molecule has 2 atom stereocenters. The van der Waals surface area contributed by atoms with Crippen molar-refractivity contribution in [1.82, 2.24) is 15.5 Å². The first-order valence-electron chi connectivity index (χ1n) is 9.72. The molecule has 0 unspecified atom stereocenters. The number of aromatic amines is 1. The van der Waals surface area contributed by atoms with Gasteiger partial charge in [0.05, 0.1) is 6.20 Å². The zero-order valence-electron chi connectivity index (χ0n) is 15.0. The lowest BCUT2D eigenvalue weighted by Gasteiger charge is -2.43. The van der Waals surface area contributed by atoms with Crippen LogP contribution in [0.4, 0.5) is 0 Å². The molecule has 3 aromatic rings. The minimum absolute atomic E-state index is 0.332. The molecule has 5 rings (SSSR count). The maximum Gasteiger partial charge on any atom is 0.0565 e. The standard InChI is InChI=1S/C23H25N3/c1-2-5-18(6-3-1)21-13-22(21)24-16-23(11-4-12-23)20-9-7-17(8-10-20)19-14-25-26-15-19/h1-3,5-10,14-15,21-22,24H,4,11-13,16H2,(H,25,26)/t21-,22+/m1/s1. The first kappa shape index (κ1) is 15.8. The highest BCUT2D eigenvalue weighted by Crippen LogP contribution is 2.46. The van der Waals surface area contributed by atoms with E-state index in [4.69, 9.17) is 0 Å². The zero-order chi connectivity index (χ0) is 17.4. The van der Waals surface area contributed by atoms with Crippen molar-refractivity contribution in [2.24, 2.45) is 0 Å². The van der Waals surface area contributed by atoms with Gasteiger partial charge in [-0.25, -0.2) is 0 Å². The molecule has 1 heterocycles. The van der Waals surface area contributed by atoms with E-state index in [1.807, 2.05) is 12.4 Å². The normalized spacial score (nSPS) is 23.4. The molecule has 0 radical (unpaired) electrons. The van der Waals surface area contributed by atoms with Gasteiger partial charge in [-0.05, 0) is 36.0 Å². The van der Waals surface area contributed by atoms with Gasteiger partial charge in [-0.15, -0.1) is 0 Å². The summed E-state index contributed by atoms with van der Waals surface area (Å²) in [5.74, 6) is 0.705. The molecule has 26 heavy (non-hydrogen) atoms. The molecule has 2 aromatic carbocycles. The molecule has 2 aliphatic carbocycles. The lowest BCUT2D eigenvalue weighted by atomic mass is 9.64. The number of nitrogens with zero attached hydrogens (tertiary/aromatic N) is 1. The van der Waals surface area contributed by atoms with Gasteiger partial charge in [0.15, 0.2) is 0 Å². The molecule has 132 valence electrons. The van der Waals surface area contributed by atoms with Gasteiger partial charge in [-0.1, -0.05) is 61.0 Å². The van der Waals surface area contributed by atoms with Crippen LogP contribution in [0.2, 0.25) is 0 Å². The molecule has 2 saturated carbocycles. The van der Waals surface area contributed by atoms with Gasteiger partial charge in [0.25, 0.3) is 0 Å². The molecule has 1 aromatic heterocycles. The first-order valence-corrected chi connectivity index (χ1v) is 9.72. The molecule has 0 saturated heterocycles. The number of rotatable bonds is 6. The van der Waals surface area contributed by atoms with Crippen molar-refractivity contribution in [1.29, 1.82) is 0 Å². The Hall–Kier alpha value is -2.39. The van der Waals surface area contributed by atoms with Gasteiger partial charge in [0.2, 0.25) is 0 Å². The van der Waals surface area contributed by atoms with Crippen LogP contribution in [0.5, 0.6) is 0 Å². The van der Waals surface area contributed by atoms with E-state index in [0.717, 1.165) is 12.1 Å². The zero-order valence-corrected chi connectivity index (χ0v) is 15.0. The quantitative estimate of drug-likeness (QED) is 0.684. The summed E-state index contributed by atoms with van der Waals surface area (Å²) in [6, 6.07) is 20.7. The Balaban J connectivity index is 1.26. The second-order valence-corrected chi connectivity index (χ2v) is 7.94. The minimum atomic E-state index is 0.332. The molecule has 0 aliphatic heterocycles. The van der Waals surface area contributed by atoms with E-state index in [1.165, 1.54) is 42.4 Å². The molecule has 2 aliphatic rings. The fraction of sp³-hybridized carbons (Fsp3) is 0.348. The van der Waals surface area contributed by atoms with E-state index < -0.39 is 0 Å². The fourth-order valence-corrected chi connectivity index (χ4v) is 4.41. The Kier molecular flexibility index (Phi) is 3.90. The highest BCUT2D eigenvalue weighted by molar-refractivity contribution is 5.62. The largest absolute Gasteiger partial charge is 0.312 e. The van der Waals surface area contributed by atoms with Gasteiger partial charge in [-0.3, -0.25) is 5.10 Å². The summed E-state index contributed by atoms with van der Waals surface area (Å²) in [5, 5.41) is 10.8. The molecule has 0 amide bonds. The van der Waals surface area contributed by atoms with E-state index in [-0.39, 0.29) is 0 Å². The third-order valence-corrected chi connectivity index (χ3v) is 6.36. The summed E-state index contributed by atoms with van der Waals surface area (Å²) in [7, 11) is 0.